The van der Waals surface area contributed by atoms with Gasteiger partial charge in [-0.05, 0) is 23.6 Å². The minimum atomic E-state index is 0.0661. The van der Waals surface area contributed by atoms with Crippen molar-refractivity contribution in [1.82, 2.24) is 0 Å². The molecule has 0 saturated carbocycles. The van der Waals surface area contributed by atoms with Crippen LogP contribution in [0.15, 0.2) is 60.7 Å². The van der Waals surface area contributed by atoms with Crippen molar-refractivity contribution in [3.8, 4) is 11.5 Å². The lowest BCUT2D eigenvalue weighted by atomic mass is 10.1. The quantitative estimate of drug-likeness (QED) is 0.674. The molecule has 0 aliphatic carbocycles. The molecule has 0 radical (unpaired) electrons. The number of fused-ring (bicyclic) bond motifs is 1. The minimum absolute atomic E-state index is 0.0661. The van der Waals surface area contributed by atoms with Crippen molar-refractivity contribution >= 4 is 16.5 Å². The summed E-state index contributed by atoms with van der Waals surface area (Å²) in [4.78, 5) is 0. The molecule has 0 bridgehead atoms. The van der Waals surface area contributed by atoms with E-state index < -0.39 is 0 Å². The average molecular weight is 265 g/mol. The summed E-state index contributed by atoms with van der Waals surface area (Å²) in [5.74, 6) is 0.161. The molecule has 0 atom stereocenters. The van der Waals surface area contributed by atoms with E-state index in [2.05, 4.69) is 23.5 Å². The Hall–Kier alpha value is -2.68. The van der Waals surface area contributed by atoms with E-state index in [1.165, 1.54) is 11.5 Å². The maximum absolute atomic E-state index is 9.78. The van der Waals surface area contributed by atoms with Gasteiger partial charge in [0, 0.05) is 29.2 Å². The first-order valence-electron chi connectivity index (χ1n) is 6.46. The van der Waals surface area contributed by atoms with E-state index in [0.717, 1.165) is 16.6 Å². The molecule has 0 aliphatic rings. The van der Waals surface area contributed by atoms with Crippen LogP contribution < -0.4 is 5.32 Å². The number of hydrogen-bond donors (Lipinski definition) is 3. The molecule has 0 spiro atoms. The number of benzene rings is 3. The van der Waals surface area contributed by atoms with Gasteiger partial charge in [-0.15, -0.1) is 0 Å². The summed E-state index contributed by atoms with van der Waals surface area (Å²) < 4.78 is 0. The fourth-order valence-corrected chi connectivity index (χ4v) is 2.27. The van der Waals surface area contributed by atoms with Gasteiger partial charge in [-0.25, -0.2) is 0 Å². The van der Waals surface area contributed by atoms with Gasteiger partial charge in [0.05, 0.1) is 0 Å². The first kappa shape index (κ1) is 12.4. The lowest BCUT2D eigenvalue weighted by Gasteiger charge is -2.11. The smallest absolute Gasteiger partial charge is 0.124 e. The van der Waals surface area contributed by atoms with Crippen LogP contribution in [0.4, 0.5) is 5.69 Å². The Labute approximate surface area is 117 Å². The van der Waals surface area contributed by atoms with Crippen LogP contribution in [0.1, 0.15) is 5.56 Å². The van der Waals surface area contributed by atoms with E-state index in [-0.39, 0.29) is 11.5 Å². The molecule has 3 aromatic carbocycles. The molecule has 0 saturated heterocycles. The molecule has 20 heavy (non-hydrogen) atoms. The van der Waals surface area contributed by atoms with Crippen molar-refractivity contribution in [3.05, 3.63) is 66.2 Å². The summed E-state index contributed by atoms with van der Waals surface area (Å²) in [6.45, 7) is 0.500. The Kier molecular flexibility index (Phi) is 3.17. The summed E-state index contributed by atoms with van der Waals surface area (Å²) in [5.41, 5.74) is 1.77. The zero-order chi connectivity index (χ0) is 13.9. The zero-order valence-corrected chi connectivity index (χ0v) is 10.9. The van der Waals surface area contributed by atoms with Crippen molar-refractivity contribution in [3.63, 3.8) is 0 Å². The molecule has 0 unspecified atom stereocenters. The highest BCUT2D eigenvalue weighted by Gasteiger charge is 2.04. The zero-order valence-electron chi connectivity index (χ0n) is 10.9. The number of phenols is 2. The summed E-state index contributed by atoms with van der Waals surface area (Å²) in [6.07, 6.45) is 0. The first-order chi connectivity index (χ1) is 9.74. The third-order valence-corrected chi connectivity index (χ3v) is 3.33. The predicted molar refractivity (Wildman–Crippen MR) is 81.0 cm³/mol. The monoisotopic (exact) mass is 265 g/mol. The van der Waals surface area contributed by atoms with E-state index in [4.69, 9.17) is 0 Å². The number of aromatic hydroxyl groups is 2. The summed E-state index contributed by atoms with van der Waals surface area (Å²) in [6, 6.07) is 18.9. The van der Waals surface area contributed by atoms with Gasteiger partial charge in [0.1, 0.15) is 11.5 Å². The molecule has 3 heteroatoms. The van der Waals surface area contributed by atoms with E-state index in [0.29, 0.717) is 6.54 Å². The van der Waals surface area contributed by atoms with Crippen LogP contribution in [0.2, 0.25) is 0 Å². The molecule has 0 amide bonds. The largest absolute Gasteiger partial charge is 0.508 e. The van der Waals surface area contributed by atoms with E-state index in [9.17, 15) is 10.2 Å². The molecule has 3 rings (SSSR count). The lowest BCUT2D eigenvalue weighted by molar-refractivity contribution is 0.446. The molecular formula is C17H15NO2. The molecule has 0 aromatic heterocycles. The van der Waals surface area contributed by atoms with Crippen LogP contribution in [0.3, 0.4) is 0 Å². The molecule has 3 N–H and O–H groups in total. The Balaban J connectivity index is 1.87. The highest BCUT2D eigenvalue weighted by atomic mass is 16.3. The second-order valence-electron chi connectivity index (χ2n) is 4.69. The van der Waals surface area contributed by atoms with Crippen LogP contribution in [-0.2, 0) is 6.54 Å². The van der Waals surface area contributed by atoms with Crippen molar-refractivity contribution in [2.45, 2.75) is 6.54 Å². The maximum Gasteiger partial charge on any atom is 0.124 e. The SMILES string of the molecule is Oc1ccc(CNc2cccc3ccccc23)c(O)c1. The van der Waals surface area contributed by atoms with Crippen LogP contribution in [0.25, 0.3) is 10.8 Å². The molecule has 3 nitrogen and oxygen atoms in total. The Morgan fingerprint density at radius 1 is 0.850 bits per heavy atom. The fraction of sp³-hybridized carbons (Fsp3) is 0.0588. The van der Waals surface area contributed by atoms with Crippen molar-refractivity contribution in [2.75, 3.05) is 5.32 Å². The topological polar surface area (TPSA) is 52.5 Å². The molecule has 0 heterocycles. The van der Waals surface area contributed by atoms with Crippen LogP contribution >= 0.6 is 0 Å². The summed E-state index contributed by atoms with van der Waals surface area (Å²) in [5, 5.41) is 24.7. The number of anilines is 1. The molecule has 100 valence electrons. The number of rotatable bonds is 3. The van der Waals surface area contributed by atoms with E-state index >= 15 is 0 Å². The molecule has 0 fully saturated rings. The van der Waals surface area contributed by atoms with Gasteiger partial charge in [-0.2, -0.15) is 0 Å². The van der Waals surface area contributed by atoms with Crippen molar-refractivity contribution < 1.29 is 10.2 Å². The van der Waals surface area contributed by atoms with Crippen LogP contribution in [-0.4, -0.2) is 10.2 Å². The number of hydrogen-bond acceptors (Lipinski definition) is 3. The molecule has 0 aliphatic heterocycles. The van der Waals surface area contributed by atoms with Crippen LogP contribution in [0.5, 0.6) is 11.5 Å². The molecule has 3 aromatic rings. The van der Waals surface area contributed by atoms with Crippen LogP contribution in [0, 0.1) is 0 Å². The predicted octanol–water partition coefficient (Wildman–Crippen LogP) is 3.86. The van der Waals surface area contributed by atoms with Gasteiger partial charge >= 0.3 is 0 Å². The minimum Gasteiger partial charge on any atom is -0.508 e. The Bertz CT molecular complexity index is 748. The number of phenolic OH excluding ortho intramolecular Hbond substituents is 2. The third kappa shape index (κ3) is 2.38. The first-order valence-corrected chi connectivity index (χ1v) is 6.46. The second kappa shape index (κ2) is 5.13. The van der Waals surface area contributed by atoms with Gasteiger partial charge in [-0.3, -0.25) is 0 Å². The third-order valence-electron chi connectivity index (χ3n) is 3.33. The normalized spacial score (nSPS) is 10.6. The summed E-state index contributed by atoms with van der Waals surface area (Å²) in [7, 11) is 0. The molecular weight excluding hydrogens is 250 g/mol. The van der Waals surface area contributed by atoms with Gasteiger partial charge in [-0.1, -0.05) is 36.4 Å². The maximum atomic E-state index is 9.78. The van der Waals surface area contributed by atoms with Crippen molar-refractivity contribution in [2.24, 2.45) is 0 Å². The average Bonchev–Trinajstić information content (AvgIpc) is 2.46. The fourth-order valence-electron chi connectivity index (χ4n) is 2.27. The van der Waals surface area contributed by atoms with Gasteiger partial charge in [0.15, 0.2) is 0 Å². The van der Waals surface area contributed by atoms with Gasteiger partial charge < -0.3 is 15.5 Å². The highest BCUT2D eigenvalue weighted by Crippen LogP contribution is 2.26. The van der Waals surface area contributed by atoms with Gasteiger partial charge in [0.25, 0.3) is 0 Å². The highest BCUT2D eigenvalue weighted by molar-refractivity contribution is 5.93. The lowest BCUT2D eigenvalue weighted by Crippen LogP contribution is -2.00. The van der Waals surface area contributed by atoms with Crippen molar-refractivity contribution in [1.29, 1.82) is 0 Å². The Morgan fingerprint density at radius 2 is 1.65 bits per heavy atom. The van der Waals surface area contributed by atoms with E-state index in [1.807, 2.05) is 24.3 Å². The number of nitrogens with one attached hydrogen (secondary N) is 1. The summed E-state index contributed by atoms with van der Waals surface area (Å²) >= 11 is 0. The second-order valence-corrected chi connectivity index (χ2v) is 4.69. The van der Waals surface area contributed by atoms with E-state index in [1.54, 1.807) is 12.1 Å². The van der Waals surface area contributed by atoms with Gasteiger partial charge in [0.2, 0.25) is 0 Å². The standard InChI is InChI=1S/C17H15NO2/c19-14-9-8-13(17(20)10-14)11-18-16-7-3-5-12-4-1-2-6-15(12)16/h1-10,18-20H,11H2. The Morgan fingerprint density at radius 3 is 2.50 bits per heavy atom.